The monoisotopic (exact) mass is 286 g/mol. The molecule has 6 heteroatoms. The quantitative estimate of drug-likeness (QED) is 0.689. The van der Waals surface area contributed by atoms with Gasteiger partial charge in [-0.15, -0.1) is 0 Å². The van der Waals surface area contributed by atoms with Crippen LogP contribution >= 0.6 is 0 Å². The number of urea groups is 1. The summed E-state index contributed by atoms with van der Waals surface area (Å²) >= 11 is 0. The Morgan fingerprint density at radius 3 is 2.50 bits per heavy atom. The zero-order valence-electron chi connectivity index (χ0n) is 12.5. The number of nitrogens with zero attached hydrogens (tertiary/aromatic N) is 1. The number of carbonyl (C=O) groups is 2. The summed E-state index contributed by atoms with van der Waals surface area (Å²) in [4.78, 5) is 24.3. The first-order valence-corrected chi connectivity index (χ1v) is 7.29. The van der Waals surface area contributed by atoms with E-state index in [1.165, 1.54) is 4.90 Å². The van der Waals surface area contributed by atoms with Crippen LogP contribution in [0.3, 0.4) is 0 Å². The second-order valence-electron chi connectivity index (χ2n) is 6.07. The zero-order chi connectivity index (χ0) is 15.3. The number of rotatable bonds is 6. The van der Waals surface area contributed by atoms with Crippen LogP contribution in [0.1, 0.15) is 46.5 Å². The number of carboxylic acid groups (broad SMARTS) is 1. The molecule has 2 amide bonds. The maximum Gasteiger partial charge on any atom is 0.326 e. The lowest BCUT2D eigenvalue weighted by Crippen LogP contribution is -2.48. The Balaban J connectivity index is 2.43. The van der Waals surface area contributed by atoms with Crippen molar-refractivity contribution in [2.45, 2.75) is 64.6 Å². The van der Waals surface area contributed by atoms with Gasteiger partial charge in [0.1, 0.15) is 6.04 Å². The SMILES string of the molecule is CC(C)CCCC(C)NC(=O)N1CC(O)CC1C(=O)O. The average molecular weight is 286 g/mol. The normalized spacial score (nSPS) is 23.9. The van der Waals surface area contributed by atoms with Gasteiger partial charge in [-0.25, -0.2) is 9.59 Å². The molecule has 1 fully saturated rings. The van der Waals surface area contributed by atoms with Gasteiger partial charge in [-0.3, -0.25) is 0 Å². The van der Waals surface area contributed by atoms with Gasteiger partial charge in [0.15, 0.2) is 0 Å². The molecule has 0 aromatic heterocycles. The Kier molecular flexibility index (Phi) is 6.26. The maximum absolute atomic E-state index is 12.1. The van der Waals surface area contributed by atoms with E-state index in [9.17, 15) is 14.7 Å². The Bertz CT molecular complexity index is 346. The van der Waals surface area contributed by atoms with Gasteiger partial charge in [0.2, 0.25) is 0 Å². The number of nitrogens with one attached hydrogen (secondary N) is 1. The minimum Gasteiger partial charge on any atom is -0.480 e. The first-order chi connectivity index (χ1) is 9.31. The minimum absolute atomic E-state index is 0.00781. The first-order valence-electron chi connectivity index (χ1n) is 7.29. The Morgan fingerprint density at radius 1 is 1.30 bits per heavy atom. The third-order valence-corrected chi connectivity index (χ3v) is 3.61. The molecule has 3 unspecified atom stereocenters. The maximum atomic E-state index is 12.1. The van der Waals surface area contributed by atoms with Crippen molar-refractivity contribution >= 4 is 12.0 Å². The highest BCUT2D eigenvalue weighted by Gasteiger charge is 2.39. The van der Waals surface area contributed by atoms with Crippen molar-refractivity contribution in [2.75, 3.05) is 6.54 Å². The number of hydrogen-bond donors (Lipinski definition) is 3. The molecule has 0 saturated carbocycles. The van der Waals surface area contributed by atoms with Crippen molar-refractivity contribution in [1.29, 1.82) is 0 Å². The molecule has 116 valence electrons. The minimum atomic E-state index is -1.07. The summed E-state index contributed by atoms with van der Waals surface area (Å²) in [6.45, 7) is 6.32. The van der Waals surface area contributed by atoms with Crippen LogP contribution in [-0.4, -0.2) is 51.8 Å². The summed E-state index contributed by atoms with van der Waals surface area (Å²) in [5.41, 5.74) is 0. The Hall–Kier alpha value is -1.30. The standard InChI is InChI=1S/C14H26N2O4/c1-9(2)5-4-6-10(3)15-14(20)16-8-11(17)7-12(16)13(18)19/h9-12,17H,4-8H2,1-3H3,(H,15,20)(H,18,19). The third-order valence-electron chi connectivity index (χ3n) is 3.61. The van der Waals surface area contributed by atoms with Gasteiger partial charge in [0.05, 0.1) is 6.10 Å². The van der Waals surface area contributed by atoms with Crippen LogP contribution in [0.15, 0.2) is 0 Å². The molecule has 1 aliphatic rings. The molecule has 0 aromatic rings. The van der Waals surface area contributed by atoms with Crippen LogP contribution in [0.5, 0.6) is 0 Å². The lowest BCUT2D eigenvalue weighted by Gasteiger charge is -2.24. The van der Waals surface area contributed by atoms with Crippen molar-refractivity contribution < 1.29 is 19.8 Å². The van der Waals surface area contributed by atoms with E-state index in [4.69, 9.17) is 5.11 Å². The molecule has 1 heterocycles. The predicted octanol–water partition coefficient (Wildman–Crippen LogP) is 1.43. The second kappa shape index (κ2) is 7.47. The van der Waals surface area contributed by atoms with E-state index in [0.29, 0.717) is 5.92 Å². The molecule has 0 aliphatic carbocycles. The van der Waals surface area contributed by atoms with E-state index in [-0.39, 0.29) is 19.0 Å². The molecule has 1 rings (SSSR count). The molecule has 6 nitrogen and oxygen atoms in total. The van der Waals surface area contributed by atoms with Crippen molar-refractivity contribution in [3.63, 3.8) is 0 Å². The van der Waals surface area contributed by atoms with Crippen LogP contribution in [0.25, 0.3) is 0 Å². The molecule has 0 radical (unpaired) electrons. The molecular weight excluding hydrogens is 260 g/mol. The average Bonchev–Trinajstić information content (AvgIpc) is 2.71. The van der Waals surface area contributed by atoms with Gasteiger partial charge < -0.3 is 20.4 Å². The molecule has 3 atom stereocenters. The van der Waals surface area contributed by atoms with Crippen molar-refractivity contribution in [1.82, 2.24) is 10.2 Å². The smallest absolute Gasteiger partial charge is 0.326 e. The largest absolute Gasteiger partial charge is 0.480 e. The van der Waals surface area contributed by atoms with Gasteiger partial charge >= 0.3 is 12.0 Å². The molecule has 20 heavy (non-hydrogen) atoms. The molecule has 3 N–H and O–H groups in total. The van der Waals surface area contributed by atoms with Crippen LogP contribution in [0, 0.1) is 5.92 Å². The molecule has 0 aromatic carbocycles. The Labute approximate surface area is 120 Å². The molecule has 0 spiro atoms. The van der Waals surface area contributed by atoms with Gasteiger partial charge in [-0.1, -0.05) is 26.7 Å². The lowest BCUT2D eigenvalue weighted by atomic mass is 10.0. The van der Waals surface area contributed by atoms with E-state index in [2.05, 4.69) is 19.2 Å². The highest BCUT2D eigenvalue weighted by Crippen LogP contribution is 2.18. The third kappa shape index (κ3) is 5.00. The number of hydrogen-bond acceptors (Lipinski definition) is 3. The summed E-state index contributed by atoms with van der Waals surface area (Å²) < 4.78 is 0. The number of carbonyl (C=O) groups excluding carboxylic acids is 1. The predicted molar refractivity (Wildman–Crippen MR) is 75.4 cm³/mol. The van der Waals surface area contributed by atoms with E-state index in [0.717, 1.165) is 19.3 Å². The molecular formula is C14H26N2O4. The number of β-amino-alcohol motifs (C(OH)–C–C–N with tert-alkyl or cyclic N) is 1. The van der Waals surface area contributed by atoms with Crippen LogP contribution in [0.2, 0.25) is 0 Å². The van der Waals surface area contributed by atoms with Crippen molar-refractivity contribution in [3.8, 4) is 0 Å². The van der Waals surface area contributed by atoms with E-state index in [1.807, 2.05) is 6.92 Å². The number of amides is 2. The first kappa shape index (κ1) is 16.8. The number of aliphatic hydroxyl groups excluding tert-OH is 1. The van der Waals surface area contributed by atoms with Gasteiger partial charge in [-0.2, -0.15) is 0 Å². The lowest BCUT2D eigenvalue weighted by molar-refractivity contribution is -0.141. The van der Waals surface area contributed by atoms with Crippen molar-refractivity contribution in [3.05, 3.63) is 0 Å². The fourth-order valence-electron chi connectivity index (χ4n) is 2.47. The fourth-order valence-corrected chi connectivity index (χ4v) is 2.47. The highest BCUT2D eigenvalue weighted by molar-refractivity contribution is 5.83. The van der Waals surface area contributed by atoms with Crippen LogP contribution in [0.4, 0.5) is 4.79 Å². The zero-order valence-corrected chi connectivity index (χ0v) is 12.5. The fraction of sp³-hybridized carbons (Fsp3) is 0.857. The summed E-state index contributed by atoms with van der Waals surface area (Å²) in [6.07, 6.45) is 2.37. The summed E-state index contributed by atoms with van der Waals surface area (Å²) in [5.74, 6) is -0.424. The molecule has 0 bridgehead atoms. The summed E-state index contributed by atoms with van der Waals surface area (Å²) in [5, 5.41) is 21.4. The van der Waals surface area contributed by atoms with E-state index < -0.39 is 24.1 Å². The van der Waals surface area contributed by atoms with Crippen LogP contribution < -0.4 is 5.32 Å². The number of aliphatic carboxylic acids is 1. The summed E-state index contributed by atoms with van der Waals surface area (Å²) in [6, 6.07) is -1.31. The topological polar surface area (TPSA) is 89.9 Å². The van der Waals surface area contributed by atoms with Gasteiger partial charge in [0, 0.05) is 19.0 Å². The molecule has 1 saturated heterocycles. The van der Waals surface area contributed by atoms with Crippen LogP contribution in [-0.2, 0) is 4.79 Å². The molecule has 1 aliphatic heterocycles. The Morgan fingerprint density at radius 2 is 1.95 bits per heavy atom. The van der Waals surface area contributed by atoms with Gasteiger partial charge in [0.25, 0.3) is 0 Å². The number of likely N-dealkylation sites (tertiary alicyclic amines) is 1. The number of carboxylic acids is 1. The van der Waals surface area contributed by atoms with E-state index in [1.54, 1.807) is 0 Å². The summed E-state index contributed by atoms with van der Waals surface area (Å²) in [7, 11) is 0. The second-order valence-corrected chi connectivity index (χ2v) is 6.07. The van der Waals surface area contributed by atoms with Crippen molar-refractivity contribution in [2.24, 2.45) is 5.92 Å². The highest BCUT2D eigenvalue weighted by atomic mass is 16.4. The van der Waals surface area contributed by atoms with E-state index >= 15 is 0 Å². The number of aliphatic hydroxyl groups is 1. The van der Waals surface area contributed by atoms with Gasteiger partial charge in [-0.05, 0) is 19.3 Å².